The second-order valence-corrected chi connectivity index (χ2v) is 9.12. The van der Waals surface area contributed by atoms with E-state index in [-0.39, 0.29) is 31.1 Å². The molecule has 0 N–H and O–H groups in total. The van der Waals surface area contributed by atoms with Crippen LogP contribution in [0.4, 0.5) is 13.2 Å². The maximum Gasteiger partial charge on any atom is 0.435 e. The minimum atomic E-state index is -4.66. The highest BCUT2D eigenvalue weighted by atomic mass is 19.4. The first-order valence-electron chi connectivity index (χ1n) is 12.4. The van der Waals surface area contributed by atoms with Gasteiger partial charge in [-0.15, -0.1) is 0 Å². The van der Waals surface area contributed by atoms with Gasteiger partial charge in [-0.2, -0.15) is 18.3 Å². The summed E-state index contributed by atoms with van der Waals surface area (Å²) < 4.78 is 55.8. The van der Waals surface area contributed by atoms with Crippen LogP contribution in [0.5, 0.6) is 5.75 Å². The fourth-order valence-corrected chi connectivity index (χ4v) is 4.84. The van der Waals surface area contributed by atoms with Crippen molar-refractivity contribution in [2.24, 2.45) is 4.99 Å². The Morgan fingerprint density at radius 1 is 1.15 bits per heavy atom. The predicted octanol–water partition coefficient (Wildman–Crippen LogP) is 4.16. The maximum atomic E-state index is 14.1. The number of halogens is 3. The summed E-state index contributed by atoms with van der Waals surface area (Å²) in [6.07, 6.45) is 1.88. The molecule has 0 spiro atoms. The van der Waals surface area contributed by atoms with Gasteiger partial charge in [-0.3, -0.25) is 19.0 Å². The van der Waals surface area contributed by atoms with Crippen molar-refractivity contribution in [1.82, 2.24) is 24.2 Å². The summed E-state index contributed by atoms with van der Waals surface area (Å²) in [6.45, 7) is 2.82. The Labute approximate surface area is 222 Å². The van der Waals surface area contributed by atoms with Crippen molar-refractivity contribution in [1.29, 1.82) is 0 Å². The summed E-state index contributed by atoms with van der Waals surface area (Å²) in [4.78, 5) is 23.8. The molecule has 4 heterocycles. The van der Waals surface area contributed by atoms with Crippen LogP contribution in [0.3, 0.4) is 0 Å². The molecule has 0 fully saturated rings. The Morgan fingerprint density at radius 2 is 1.95 bits per heavy atom. The number of pyridine rings is 1. The molecule has 204 valence electrons. The quantitative estimate of drug-likeness (QED) is 0.351. The predicted molar refractivity (Wildman–Crippen MR) is 135 cm³/mol. The van der Waals surface area contributed by atoms with Gasteiger partial charge < -0.3 is 14.1 Å². The molecule has 9 nitrogen and oxygen atoms in total. The lowest BCUT2D eigenvalue weighted by Gasteiger charge is -2.30. The number of benzene rings is 1. The number of carbonyl (C=O) groups excluding carboxylic acids is 1. The van der Waals surface area contributed by atoms with E-state index in [1.165, 1.54) is 17.1 Å². The molecule has 0 atom stereocenters. The van der Waals surface area contributed by atoms with Crippen molar-refractivity contribution in [2.75, 3.05) is 20.7 Å². The zero-order valence-corrected chi connectivity index (χ0v) is 21.7. The summed E-state index contributed by atoms with van der Waals surface area (Å²) >= 11 is 0. The summed E-state index contributed by atoms with van der Waals surface area (Å²) in [6, 6.07) is 6.92. The molecule has 12 heteroatoms. The van der Waals surface area contributed by atoms with Gasteiger partial charge in [-0.25, -0.2) is 4.99 Å². The molecular weight excluding hydrogens is 513 g/mol. The van der Waals surface area contributed by atoms with Crippen LogP contribution in [0.1, 0.15) is 39.8 Å². The van der Waals surface area contributed by atoms with E-state index in [0.717, 1.165) is 0 Å². The third-order valence-electron chi connectivity index (χ3n) is 6.68. The highest BCUT2D eigenvalue weighted by Crippen LogP contribution is 2.40. The van der Waals surface area contributed by atoms with Gasteiger partial charge in [0.15, 0.2) is 5.69 Å². The lowest BCUT2D eigenvalue weighted by molar-refractivity contribution is -0.141. The van der Waals surface area contributed by atoms with E-state index in [1.54, 1.807) is 67.2 Å². The van der Waals surface area contributed by atoms with Crippen molar-refractivity contribution in [2.45, 2.75) is 39.2 Å². The number of fused-ring (bicyclic) bond motifs is 1. The third-order valence-corrected chi connectivity index (χ3v) is 6.68. The molecule has 0 unspecified atom stereocenters. The average Bonchev–Trinajstić information content (AvgIpc) is 3.57. The van der Waals surface area contributed by atoms with Crippen LogP contribution >= 0.6 is 0 Å². The van der Waals surface area contributed by atoms with Gasteiger partial charge in [0, 0.05) is 55.9 Å². The van der Waals surface area contributed by atoms with Crippen molar-refractivity contribution in [3.63, 3.8) is 0 Å². The van der Waals surface area contributed by atoms with Crippen molar-refractivity contribution >= 4 is 5.91 Å². The Balaban J connectivity index is 1.62. The molecule has 39 heavy (non-hydrogen) atoms. The van der Waals surface area contributed by atoms with Crippen LogP contribution in [-0.2, 0) is 32.2 Å². The lowest BCUT2D eigenvalue weighted by Crippen LogP contribution is -2.37. The number of rotatable bonds is 7. The van der Waals surface area contributed by atoms with Gasteiger partial charge in [0.2, 0.25) is 0 Å². The fourth-order valence-electron chi connectivity index (χ4n) is 4.84. The van der Waals surface area contributed by atoms with Crippen molar-refractivity contribution < 1.29 is 27.1 Å². The number of ether oxygens (including phenoxy) is 1. The second kappa shape index (κ2) is 10.4. The molecule has 3 aromatic heterocycles. The van der Waals surface area contributed by atoms with E-state index in [1.807, 2.05) is 0 Å². The number of methoxy groups -OCH3 is 1. The molecule has 0 bridgehead atoms. The zero-order chi connectivity index (χ0) is 27.7. The number of aromatic nitrogens is 4. The minimum absolute atomic E-state index is 0.0456. The molecule has 1 aliphatic rings. The largest absolute Gasteiger partial charge is 0.497 e. The highest BCUT2D eigenvalue weighted by Gasteiger charge is 2.39. The Kier molecular flexibility index (Phi) is 7.02. The molecular formula is C27H27F3N6O3. The molecule has 1 amide bonds. The van der Waals surface area contributed by atoms with Crippen molar-refractivity contribution in [3.8, 4) is 16.9 Å². The highest BCUT2D eigenvalue weighted by molar-refractivity contribution is 5.99. The molecule has 5 rings (SSSR count). The molecule has 0 radical (unpaired) electrons. The normalized spacial score (nSPS) is 14.2. The van der Waals surface area contributed by atoms with E-state index in [9.17, 15) is 18.0 Å². The third kappa shape index (κ3) is 5.18. The minimum Gasteiger partial charge on any atom is -0.497 e. The molecule has 1 aromatic carbocycles. The average molecular weight is 541 g/mol. The number of hydrogen-bond donors (Lipinski definition) is 0. The van der Waals surface area contributed by atoms with E-state index < -0.39 is 11.9 Å². The van der Waals surface area contributed by atoms with E-state index in [2.05, 4.69) is 15.1 Å². The first-order chi connectivity index (χ1) is 18.7. The van der Waals surface area contributed by atoms with E-state index >= 15 is 0 Å². The van der Waals surface area contributed by atoms with Crippen LogP contribution in [0.15, 0.2) is 58.5 Å². The lowest BCUT2D eigenvalue weighted by atomic mass is 9.88. The molecule has 0 saturated heterocycles. The van der Waals surface area contributed by atoms with Crippen LogP contribution in [0, 0.1) is 0 Å². The summed E-state index contributed by atoms with van der Waals surface area (Å²) in [5.74, 6) is 0.342. The summed E-state index contributed by atoms with van der Waals surface area (Å²) in [5, 5.41) is 3.81. The van der Waals surface area contributed by atoms with E-state index in [0.29, 0.717) is 52.3 Å². The SMILES string of the molecule is CCn1cc(-c2cc(Cn3ccoc3=NC)cc3c2CCN(Cc2cc(OC)ccn2)C3=O)c(C(F)(F)F)n1. The monoisotopic (exact) mass is 540 g/mol. The number of alkyl halides is 3. The molecule has 0 aliphatic carbocycles. The molecule has 1 aliphatic heterocycles. The Hall–Kier alpha value is -4.35. The number of oxazole rings is 1. The molecule has 4 aromatic rings. The second-order valence-electron chi connectivity index (χ2n) is 9.12. The number of amides is 1. The van der Waals surface area contributed by atoms with Gasteiger partial charge in [-0.1, -0.05) is 0 Å². The number of hydrogen-bond acceptors (Lipinski definition) is 6. The van der Waals surface area contributed by atoms with Gasteiger partial charge in [0.1, 0.15) is 12.0 Å². The molecule has 0 saturated carbocycles. The first kappa shape index (κ1) is 26.3. The van der Waals surface area contributed by atoms with E-state index in [4.69, 9.17) is 9.15 Å². The van der Waals surface area contributed by atoms with Crippen LogP contribution in [-0.4, -0.2) is 50.8 Å². The van der Waals surface area contributed by atoms with Crippen LogP contribution in [0.2, 0.25) is 0 Å². The summed E-state index contributed by atoms with van der Waals surface area (Å²) in [7, 11) is 3.13. The number of carbonyl (C=O) groups is 1. The number of aryl methyl sites for hydroxylation is 1. The van der Waals surface area contributed by atoms with Gasteiger partial charge in [-0.05, 0) is 48.2 Å². The first-order valence-corrected chi connectivity index (χ1v) is 12.4. The van der Waals surface area contributed by atoms with Crippen LogP contribution in [0.25, 0.3) is 11.1 Å². The van der Waals surface area contributed by atoms with Gasteiger partial charge in [0.05, 0.1) is 25.9 Å². The van der Waals surface area contributed by atoms with Gasteiger partial charge in [0.25, 0.3) is 11.6 Å². The zero-order valence-electron chi connectivity index (χ0n) is 21.7. The van der Waals surface area contributed by atoms with Crippen LogP contribution < -0.4 is 10.4 Å². The summed E-state index contributed by atoms with van der Waals surface area (Å²) in [5.41, 5.74) is 1.88. The van der Waals surface area contributed by atoms with Crippen molar-refractivity contribution in [3.05, 3.63) is 82.9 Å². The number of nitrogens with zero attached hydrogens (tertiary/aromatic N) is 6. The smallest absolute Gasteiger partial charge is 0.435 e. The topological polar surface area (TPSA) is 90.7 Å². The maximum absolute atomic E-state index is 14.1. The van der Waals surface area contributed by atoms with Gasteiger partial charge >= 0.3 is 6.18 Å². The Bertz CT molecular complexity index is 1580. The Morgan fingerprint density at radius 3 is 2.67 bits per heavy atom. The fraction of sp³-hybridized carbons (Fsp3) is 0.333. The standard InChI is InChI=1S/C27H27F3N6O3/c1-4-36-16-23(24(33-36)27(28,29)30)21-11-17(14-35-9-10-39-26(35)31-2)12-22-20(21)6-8-34(25(22)37)15-18-13-19(38-3)5-7-32-18/h5,7,9-13,16H,4,6,8,14-15H2,1-3H3.